The number of carbonyl (C=O) groups excluding carboxylic acids is 1. The number of likely N-dealkylation sites (tertiary alicyclic amines) is 1. The van der Waals surface area contributed by atoms with Crippen molar-refractivity contribution in [2.75, 3.05) is 13.1 Å². The van der Waals surface area contributed by atoms with Crippen LogP contribution in [0, 0.1) is 0 Å². The maximum atomic E-state index is 13.0. The summed E-state index contributed by atoms with van der Waals surface area (Å²) in [6.45, 7) is 4.06. The molecular formula is C18H21F2NO5S. The number of alkyl halides is 2. The summed E-state index contributed by atoms with van der Waals surface area (Å²) in [6, 6.07) is 4.25. The summed E-state index contributed by atoms with van der Waals surface area (Å²) in [4.78, 5) is 13.9. The molecular weight excluding hydrogens is 380 g/mol. The molecule has 1 aromatic carbocycles. The lowest BCUT2D eigenvalue weighted by Crippen LogP contribution is -2.43. The van der Waals surface area contributed by atoms with E-state index < -0.39 is 26.6 Å². The lowest BCUT2D eigenvalue weighted by Gasteiger charge is -2.31. The predicted molar refractivity (Wildman–Crippen MR) is 95.3 cm³/mol. The fourth-order valence-electron chi connectivity index (χ4n) is 3.13. The lowest BCUT2D eigenvalue weighted by atomic mass is 10.1. The molecule has 2 heterocycles. The second kappa shape index (κ2) is 7.10. The molecule has 0 bridgehead atoms. The molecule has 1 amide bonds. The third kappa shape index (κ3) is 4.23. The molecule has 2 aliphatic heterocycles. The topological polar surface area (TPSA) is 72.9 Å². The van der Waals surface area contributed by atoms with Crippen LogP contribution in [0.15, 0.2) is 24.3 Å². The average Bonchev–Trinajstić information content (AvgIpc) is 2.92. The van der Waals surface area contributed by atoms with Crippen LogP contribution in [0.2, 0.25) is 0 Å². The van der Waals surface area contributed by atoms with Gasteiger partial charge < -0.3 is 14.4 Å². The highest BCUT2D eigenvalue weighted by Crippen LogP contribution is 2.41. The molecule has 6 nitrogen and oxygen atoms in total. The van der Waals surface area contributed by atoms with E-state index in [2.05, 4.69) is 9.47 Å². The highest BCUT2D eigenvalue weighted by Gasteiger charge is 2.43. The Kier molecular flexibility index (Phi) is 5.16. The van der Waals surface area contributed by atoms with Gasteiger partial charge in [0.1, 0.15) is 0 Å². The number of ether oxygens (including phenoxy) is 2. The molecule has 0 atom stereocenters. The largest absolute Gasteiger partial charge is 0.586 e. The number of benzene rings is 1. The van der Waals surface area contributed by atoms with E-state index >= 15 is 0 Å². The molecule has 148 valence electrons. The molecule has 1 fully saturated rings. The Labute approximate surface area is 156 Å². The van der Waals surface area contributed by atoms with Gasteiger partial charge >= 0.3 is 6.29 Å². The standard InChI is InChI=1S/C18H21F2NO5S/c1-12(2)27(23,24)14-7-9-21(10-8-14)17(22)6-4-13-3-5-15-16(11-13)26-18(19,20)25-15/h3-6,11-12,14H,7-10H2,1-2H3/b6-4+. The van der Waals surface area contributed by atoms with E-state index in [1.165, 1.54) is 30.4 Å². The van der Waals surface area contributed by atoms with Crippen molar-refractivity contribution in [2.24, 2.45) is 0 Å². The highest BCUT2D eigenvalue weighted by molar-refractivity contribution is 7.92. The second-order valence-corrected chi connectivity index (χ2v) is 9.66. The minimum atomic E-state index is -3.68. The van der Waals surface area contributed by atoms with Crippen molar-refractivity contribution in [3.63, 3.8) is 0 Å². The zero-order valence-corrected chi connectivity index (χ0v) is 15.8. The molecule has 2 aliphatic rings. The van der Waals surface area contributed by atoms with Gasteiger partial charge in [0.05, 0.1) is 10.5 Å². The van der Waals surface area contributed by atoms with Crippen molar-refractivity contribution in [1.29, 1.82) is 0 Å². The fourth-order valence-corrected chi connectivity index (χ4v) is 4.77. The number of halogens is 2. The number of amides is 1. The molecule has 27 heavy (non-hydrogen) atoms. The van der Waals surface area contributed by atoms with E-state index in [4.69, 9.17) is 0 Å². The first kappa shape index (κ1) is 19.6. The first-order chi connectivity index (χ1) is 12.6. The average molecular weight is 401 g/mol. The van der Waals surface area contributed by atoms with Gasteiger partial charge in [-0.25, -0.2) is 8.42 Å². The molecule has 1 saturated heterocycles. The number of fused-ring (bicyclic) bond motifs is 1. The number of piperidine rings is 1. The normalized spacial score (nSPS) is 19.8. The van der Waals surface area contributed by atoms with E-state index in [0.29, 0.717) is 31.5 Å². The maximum absolute atomic E-state index is 13.0. The Morgan fingerprint density at radius 3 is 2.48 bits per heavy atom. The summed E-state index contributed by atoms with van der Waals surface area (Å²) in [7, 11) is -3.16. The smallest absolute Gasteiger partial charge is 0.395 e. The minimum Gasteiger partial charge on any atom is -0.395 e. The number of hydrogen-bond acceptors (Lipinski definition) is 5. The number of rotatable bonds is 4. The van der Waals surface area contributed by atoms with E-state index in [0.717, 1.165) is 0 Å². The third-order valence-corrected chi connectivity index (χ3v) is 7.43. The van der Waals surface area contributed by atoms with Gasteiger partial charge in [-0.2, -0.15) is 0 Å². The van der Waals surface area contributed by atoms with Crippen molar-refractivity contribution >= 4 is 21.8 Å². The molecule has 0 spiro atoms. The highest BCUT2D eigenvalue weighted by atomic mass is 32.2. The van der Waals surface area contributed by atoms with Crippen molar-refractivity contribution in [3.05, 3.63) is 29.8 Å². The molecule has 0 N–H and O–H groups in total. The van der Waals surface area contributed by atoms with E-state index in [1.807, 2.05) is 0 Å². The van der Waals surface area contributed by atoms with Gasteiger partial charge in [0.15, 0.2) is 21.3 Å². The molecule has 0 radical (unpaired) electrons. The SMILES string of the molecule is CC(C)S(=O)(=O)C1CCN(C(=O)/C=C/c2ccc3c(c2)OC(F)(F)O3)CC1. The van der Waals surface area contributed by atoms with Crippen LogP contribution in [0.1, 0.15) is 32.3 Å². The monoisotopic (exact) mass is 401 g/mol. The molecule has 9 heteroatoms. The number of nitrogens with zero attached hydrogens (tertiary/aromatic N) is 1. The van der Waals surface area contributed by atoms with Crippen LogP contribution in [0.25, 0.3) is 6.08 Å². The summed E-state index contributed by atoms with van der Waals surface area (Å²) in [5.41, 5.74) is 0.515. The lowest BCUT2D eigenvalue weighted by molar-refractivity contribution is -0.286. The summed E-state index contributed by atoms with van der Waals surface area (Å²) in [5.74, 6) is -0.399. The Hall–Kier alpha value is -2.16. The zero-order valence-electron chi connectivity index (χ0n) is 15.0. The van der Waals surface area contributed by atoms with E-state index in [9.17, 15) is 22.0 Å². The van der Waals surface area contributed by atoms with Crippen LogP contribution < -0.4 is 9.47 Å². The van der Waals surface area contributed by atoms with Crippen molar-refractivity contribution in [2.45, 2.75) is 43.5 Å². The summed E-state index contributed by atoms with van der Waals surface area (Å²) < 4.78 is 59.2. The number of carbonyl (C=O) groups is 1. The predicted octanol–water partition coefficient (Wildman–Crippen LogP) is 2.84. The quantitative estimate of drug-likeness (QED) is 0.726. The van der Waals surface area contributed by atoms with Gasteiger partial charge in [-0.15, -0.1) is 8.78 Å². The van der Waals surface area contributed by atoms with Crippen molar-refractivity contribution < 1.29 is 31.5 Å². The van der Waals surface area contributed by atoms with Gasteiger partial charge in [0, 0.05) is 19.2 Å². The Morgan fingerprint density at radius 1 is 1.22 bits per heavy atom. The van der Waals surface area contributed by atoms with Crippen LogP contribution in [-0.2, 0) is 14.6 Å². The van der Waals surface area contributed by atoms with Gasteiger partial charge in [-0.3, -0.25) is 4.79 Å². The first-order valence-corrected chi connectivity index (χ1v) is 10.3. The van der Waals surface area contributed by atoms with Crippen LogP contribution in [0.5, 0.6) is 11.5 Å². The van der Waals surface area contributed by atoms with Gasteiger partial charge in [-0.1, -0.05) is 6.07 Å². The third-order valence-electron chi connectivity index (χ3n) is 4.72. The molecule has 0 aromatic heterocycles. The summed E-state index contributed by atoms with van der Waals surface area (Å²) in [5, 5.41) is -0.843. The molecule has 0 saturated carbocycles. The maximum Gasteiger partial charge on any atom is 0.586 e. The Balaban J connectivity index is 1.59. The molecule has 1 aromatic rings. The number of sulfone groups is 1. The first-order valence-electron chi connectivity index (χ1n) is 8.68. The van der Waals surface area contributed by atoms with Crippen molar-refractivity contribution in [3.8, 4) is 11.5 Å². The Bertz CT molecular complexity index is 859. The number of hydrogen-bond donors (Lipinski definition) is 0. The van der Waals surface area contributed by atoms with Gasteiger partial charge in [-0.05, 0) is 50.5 Å². The van der Waals surface area contributed by atoms with Gasteiger partial charge in [0.2, 0.25) is 5.91 Å². The molecule has 0 aliphatic carbocycles. The van der Waals surface area contributed by atoms with Crippen LogP contribution in [-0.4, -0.2) is 49.1 Å². The minimum absolute atomic E-state index is 0.0584. The molecule has 3 rings (SSSR count). The molecule has 0 unspecified atom stereocenters. The fraction of sp³-hybridized carbons (Fsp3) is 0.500. The van der Waals surface area contributed by atoms with Gasteiger partial charge in [0.25, 0.3) is 0 Å². The summed E-state index contributed by atoms with van der Waals surface area (Å²) in [6.07, 6.45) is -0.00805. The van der Waals surface area contributed by atoms with Crippen LogP contribution in [0.4, 0.5) is 8.78 Å². The van der Waals surface area contributed by atoms with E-state index in [-0.39, 0.29) is 17.4 Å². The van der Waals surface area contributed by atoms with Crippen LogP contribution in [0.3, 0.4) is 0 Å². The second-order valence-electron chi connectivity index (χ2n) is 6.87. The van der Waals surface area contributed by atoms with Crippen LogP contribution >= 0.6 is 0 Å². The Morgan fingerprint density at radius 2 is 1.85 bits per heavy atom. The van der Waals surface area contributed by atoms with E-state index in [1.54, 1.807) is 18.7 Å². The summed E-state index contributed by atoms with van der Waals surface area (Å²) >= 11 is 0. The van der Waals surface area contributed by atoms with Crippen molar-refractivity contribution in [1.82, 2.24) is 4.90 Å². The zero-order chi connectivity index (χ0) is 19.8.